The van der Waals surface area contributed by atoms with Crippen molar-refractivity contribution in [1.82, 2.24) is 10.2 Å². The highest BCUT2D eigenvalue weighted by Crippen LogP contribution is 2.12. The summed E-state index contributed by atoms with van der Waals surface area (Å²) in [6, 6.07) is 7.39. The minimum absolute atomic E-state index is 0.135. The van der Waals surface area contributed by atoms with E-state index < -0.39 is 0 Å². The molecule has 0 unspecified atom stereocenters. The van der Waals surface area contributed by atoms with E-state index in [1.807, 2.05) is 19.1 Å². The van der Waals surface area contributed by atoms with E-state index in [0.717, 1.165) is 9.13 Å². The van der Waals surface area contributed by atoms with Crippen LogP contribution >= 0.6 is 22.6 Å². The normalized spacial score (nSPS) is 10.1. The molecule has 0 aliphatic rings. The maximum atomic E-state index is 11.8. The summed E-state index contributed by atoms with van der Waals surface area (Å²) in [7, 11) is 0. The number of halogens is 1. The lowest BCUT2D eigenvalue weighted by atomic mass is 10.2. The van der Waals surface area contributed by atoms with Gasteiger partial charge < -0.3 is 5.32 Å². The number of nitrogens with zero attached hydrogens (tertiary/aromatic N) is 1. The molecule has 0 saturated carbocycles. The van der Waals surface area contributed by atoms with Gasteiger partial charge in [-0.1, -0.05) is 0 Å². The Morgan fingerprint density at radius 3 is 2.62 bits per heavy atom. The van der Waals surface area contributed by atoms with Crippen molar-refractivity contribution in [2.45, 2.75) is 6.92 Å². The summed E-state index contributed by atoms with van der Waals surface area (Å²) in [6.45, 7) is 1.88. The lowest BCUT2D eigenvalue weighted by molar-refractivity contribution is 0.102. The van der Waals surface area contributed by atoms with E-state index in [9.17, 15) is 4.79 Å². The summed E-state index contributed by atoms with van der Waals surface area (Å²) in [6.07, 6.45) is 1.67. The van der Waals surface area contributed by atoms with Gasteiger partial charge in [-0.2, -0.15) is 5.10 Å². The van der Waals surface area contributed by atoms with E-state index >= 15 is 0 Å². The second kappa shape index (κ2) is 4.65. The number of carbonyl (C=O) groups is 1. The first-order chi connectivity index (χ1) is 7.66. The molecule has 0 fully saturated rings. The Morgan fingerprint density at radius 2 is 2.06 bits per heavy atom. The zero-order chi connectivity index (χ0) is 11.5. The molecule has 1 heterocycles. The Labute approximate surface area is 107 Å². The molecular formula is C11H10IN3O. The summed E-state index contributed by atoms with van der Waals surface area (Å²) >= 11 is 2.20. The van der Waals surface area contributed by atoms with Crippen LogP contribution in [0.2, 0.25) is 0 Å². The lowest BCUT2D eigenvalue weighted by Gasteiger charge is -2.03. The molecule has 0 spiro atoms. The van der Waals surface area contributed by atoms with E-state index in [4.69, 9.17) is 0 Å². The SMILES string of the molecule is Cc1cn[nH]c1NC(=O)c1ccc(I)cc1. The van der Waals surface area contributed by atoms with Gasteiger partial charge in [-0.05, 0) is 53.8 Å². The largest absolute Gasteiger partial charge is 0.307 e. The van der Waals surface area contributed by atoms with Crippen molar-refractivity contribution in [2.75, 3.05) is 5.32 Å². The van der Waals surface area contributed by atoms with Gasteiger partial charge in [-0.3, -0.25) is 9.89 Å². The van der Waals surface area contributed by atoms with Crippen molar-refractivity contribution in [3.63, 3.8) is 0 Å². The number of aromatic nitrogens is 2. The highest BCUT2D eigenvalue weighted by molar-refractivity contribution is 14.1. The maximum absolute atomic E-state index is 11.8. The molecule has 2 rings (SSSR count). The molecule has 2 aromatic rings. The summed E-state index contributed by atoms with van der Waals surface area (Å²) in [5, 5.41) is 9.34. The molecule has 0 aliphatic carbocycles. The number of anilines is 1. The highest BCUT2D eigenvalue weighted by atomic mass is 127. The molecule has 0 radical (unpaired) electrons. The molecule has 1 aromatic heterocycles. The maximum Gasteiger partial charge on any atom is 0.256 e. The first-order valence-electron chi connectivity index (χ1n) is 4.73. The predicted molar refractivity (Wildman–Crippen MR) is 70.4 cm³/mol. The molecular weight excluding hydrogens is 317 g/mol. The molecule has 0 aliphatic heterocycles. The third-order valence-corrected chi connectivity index (χ3v) is 2.89. The van der Waals surface area contributed by atoms with Gasteiger partial charge in [0.05, 0.1) is 6.20 Å². The zero-order valence-corrected chi connectivity index (χ0v) is 10.8. The third-order valence-electron chi connectivity index (χ3n) is 2.17. The lowest BCUT2D eigenvalue weighted by Crippen LogP contribution is -2.12. The van der Waals surface area contributed by atoms with Crippen LogP contribution in [0.1, 0.15) is 15.9 Å². The van der Waals surface area contributed by atoms with E-state index in [2.05, 4.69) is 38.1 Å². The van der Waals surface area contributed by atoms with Crippen molar-refractivity contribution in [1.29, 1.82) is 0 Å². The molecule has 16 heavy (non-hydrogen) atoms. The Bertz CT molecular complexity index is 504. The molecule has 2 N–H and O–H groups in total. The van der Waals surface area contributed by atoms with E-state index in [1.54, 1.807) is 18.3 Å². The van der Waals surface area contributed by atoms with Gasteiger partial charge in [0.2, 0.25) is 0 Å². The Hall–Kier alpha value is -1.37. The summed E-state index contributed by atoms with van der Waals surface area (Å²) in [5.41, 5.74) is 1.55. The monoisotopic (exact) mass is 327 g/mol. The van der Waals surface area contributed by atoms with Crippen LogP contribution in [0.15, 0.2) is 30.5 Å². The van der Waals surface area contributed by atoms with Crippen molar-refractivity contribution in [3.8, 4) is 0 Å². The fraction of sp³-hybridized carbons (Fsp3) is 0.0909. The molecule has 1 aromatic carbocycles. The van der Waals surface area contributed by atoms with Crippen LogP contribution in [-0.4, -0.2) is 16.1 Å². The predicted octanol–water partition coefficient (Wildman–Crippen LogP) is 2.58. The number of hydrogen-bond acceptors (Lipinski definition) is 2. The second-order valence-electron chi connectivity index (χ2n) is 3.39. The zero-order valence-electron chi connectivity index (χ0n) is 8.62. The molecule has 0 bridgehead atoms. The van der Waals surface area contributed by atoms with Gasteiger partial charge in [-0.15, -0.1) is 0 Å². The van der Waals surface area contributed by atoms with Crippen molar-refractivity contribution >= 4 is 34.3 Å². The van der Waals surface area contributed by atoms with Gasteiger partial charge in [0.1, 0.15) is 5.82 Å². The average molecular weight is 327 g/mol. The van der Waals surface area contributed by atoms with Crippen molar-refractivity contribution in [3.05, 3.63) is 45.2 Å². The van der Waals surface area contributed by atoms with E-state index in [1.165, 1.54) is 0 Å². The number of H-pyrrole nitrogens is 1. The number of amides is 1. The number of rotatable bonds is 2. The Morgan fingerprint density at radius 1 is 1.38 bits per heavy atom. The number of aryl methyl sites for hydroxylation is 1. The molecule has 4 nitrogen and oxygen atoms in total. The second-order valence-corrected chi connectivity index (χ2v) is 4.63. The highest BCUT2D eigenvalue weighted by Gasteiger charge is 2.08. The minimum atomic E-state index is -0.135. The fourth-order valence-corrected chi connectivity index (χ4v) is 1.62. The van der Waals surface area contributed by atoms with Gasteiger partial charge in [-0.25, -0.2) is 0 Å². The van der Waals surface area contributed by atoms with Crippen LogP contribution in [0.3, 0.4) is 0 Å². The number of hydrogen-bond donors (Lipinski definition) is 2. The van der Waals surface area contributed by atoms with E-state index in [0.29, 0.717) is 11.4 Å². The summed E-state index contributed by atoms with van der Waals surface area (Å²) < 4.78 is 1.10. The fourth-order valence-electron chi connectivity index (χ4n) is 1.26. The Kier molecular flexibility index (Phi) is 3.23. The third kappa shape index (κ3) is 2.41. The smallest absolute Gasteiger partial charge is 0.256 e. The first-order valence-corrected chi connectivity index (χ1v) is 5.81. The van der Waals surface area contributed by atoms with Gasteiger partial charge in [0.25, 0.3) is 5.91 Å². The molecule has 82 valence electrons. The average Bonchev–Trinajstić information content (AvgIpc) is 2.65. The quantitative estimate of drug-likeness (QED) is 0.833. The standard InChI is InChI=1S/C11H10IN3O/c1-7-6-13-15-10(7)14-11(16)8-2-4-9(12)5-3-8/h2-6H,1H3,(H2,13,14,15,16). The summed E-state index contributed by atoms with van der Waals surface area (Å²) in [4.78, 5) is 11.8. The number of benzene rings is 1. The Balaban J connectivity index is 2.15. The van der Waals surface area contributed by atoms with Crippen LogP contribution in [0.5, 0.6) is 0 Å². The number of aromatic amines is 1. The van der Waals surface area contributed by atoms with E-state index in [-0.39, 0.29) is 5.91 Å². The molecule has 0 atom stereocenters. The van der Waals surface area contributed by atoms with Gasteiger partial charge in [0.15, 0.2) is 0 Å². The van der Waals surface area contributed by atoms with Gasteiger partial charge >= 0.3 is 0 Å². The first kappa shape index (κ1) is 11.1. The summed E-state index contributed by atoms with van der Waals surface area (Å²) in [5.74, 6) is 0.507. The number of carbonyl (C=O) groups excluding carboxylic acids is 1. The topological polar surface area (TPSA) is 57.8 Å². The molecule has 5 heteroatoms. The van der Waals surface area contributed by atoms with Crippen molar-refractivity contribution in [2.24, 2.45) is 0 Å². The van der Waals surface area contributed by atoms with Crippen LogP contribution < -0.4 is 5.32 Å². The van der Waals surface area contributed by atoms with Crippen LogP contribution in [-0.2, 0) is 0 Å². The minimum Gasteiger partial charge on any atom is -0.307 e. The van der Waals surface area contributed by atoms with Crippen LogP contribution in [0.4, 0.5) is 5.82 Å². The molecule has 1 amide bonds. The molecule has 0 saturated heterocycles. The van der Waals surface area contributed by atoms with Crippen LogP contribution in [0, 0.1) is 10.5 Å². The van der Waals surface area contributed by atoms with Gasteiger partial charge in [0, 0.05) is 14.7 Å². The van der Waals surface area contributed by atoms with Crippen LogP contribution in [0.25, 0.3) is 0 Å². The number of nitrogens with one attached hydrogen (secondary N) is 2. The van der Waals surface area contributed by atoms with Crippen molar-refractivity contribution < 1.29 is 4.79 Å².